The van der Waals surface area contributed by atoms with Crippen molar-refractivity contribution in [3.05, 3.63) is 75.8 Å². The molecule has 0 bridgehead atoms. The first-order chi connectivity index (χ1) is 16.8. The lowest BCUT2D eigenvalue weighted by atomic mass is 10.1. The normalized spacial score (nSPS) is 16.3. The summed E-state index contributed by atoms with van der Waals surface area (Å²) >= 11 is 0. The maximum absolute atomic E-state index is 15.2. The van der Waals surface area contributed by atoms with Gasteiger partial charge in [0.05, 0.1) is 16.8 Å². The van der Waals surface area contributed by atoms with Crippen molar-refractivity contribution in [1.82, 2.24) is 9.47 Å². The smallest absolute Gasteiger partial charge is 0.219 e. The largest absolute Gasteiger partial charge is 0.508 e. The van der Waals surface area contributed by atoms with E-state index in [0.717, 1.165) is 12.8 Å². The highest BCUT2D eigenvalue weighted by atomic mass is 19.1. The summed E-state index contributed by atoms with van der Waals surface area (Å²) in [6.45, 7) is 3.58. The molecule has 1 saturated carbocycles. The van der Waals surface area contributed by atoms with E-state index < -0.39 is 17.0 Å². The molecule has 1 aromatic heterocycles. The van der Waals surface area contributed by atoms with Crippen LogP contribution in [0.4, 0.5) is 10.1 Å². The highest BCUT2D eigenvalue weighted by molar-refractivity contribution is 6.08. The Balaban J connectivity index is 1.51. The van der Waals surface area contributed by atoms with Crippen LogP contribution in [0, 0.1) is 5.82 Å². The van der Waals surface area contributed by atoms with Crippen molar-refractivity contribution >= 4 is 34.4 Å². The molecule has 8 heteroatoms. The number of fused-ring (bicyclic) bond motifs is 1. The number of phenolic OH excluding ortho intramolecular Hbond substituents is 1. The highest BCUT2D eigenvalue weighted by Gasteiger charge is 2.28. The molecule has 2 aliphatic rings. The molecule has 180 valence electrons. The van der Waals surface area contributed by atoms with Crippen molar-refractivity contribution in [3.63, 3.8) is 0 Å². The molecule has 1 saturated heterocycles. The fourth-order valence-corrected chi connectivity index (χ4v) is 4.54. The van der Waals surface area contributed by atoms with Gasteiger partial charge in [0.2, 0.25) is 11.3 Å². The fraction of sp³-hybridized carbons (Fsp3) is 0.296. The number of aromatic nitrogens is 1. The quantitative estimate of drug-likeness (QED) is 0.449. The number of halogens is 1. The Kier molecular flexibility index (Phi) is 5.88. The number of hydrogen-bond acceptors (Lipinski definition) is 5. The van der Waals surface area contributed by atoms with Gasteiger partial charge in [0.15, 0.2) is 5.78 Å². The van der Waals surface area contributed by atoms with Crippen LogP contribution < -0.4 is 10.3 Å². The zero-order chi connectivity index (χ0) is 24.7. The molecule has 0 spiro atoms. The predicted molar refractivity (Wildman–Crippen MR) is 132 cm³/mol. The number of phenols is 1. The molecular weight excluding hydrogens is 449 g/mol. The Bertz CT molecular complexity index is 1400. The zero-order valence-corrected chi connectivity index (χ0v) is 19.4. The Morgan fingerprint density at radius 1 is 1.06 bits per heavy atom. The van der Waals surface area contributed by atoms with Crippen molar-refractivity contribution in [3.8, 4) is 5.75 Å². The second-order valence-electron chi connectivity index (χ2n) is 9.11. The molecule has 0 atom stereocenters. The third-order valence-electron chi connectivity index (χ3n) is 6.69. The van der Waals surface area contributed by atoms with E-state index in [4.69, 9.17) is 0 Å². The molecule has 2 heterocycles. The minimum absolute atomic E-state index is 0.00153. The number of pyridine rings is 1. The third kappa shape index (κ3) is 4.56. The first-order valence-electron chi connectivity index (χ1n) is 11.7. The molecule has 1 aliphatic heterocycles. The van der Waals surface area contributed by atoms with E-state index in [1.54, 1.807) is 35.4 Å². The fourth-order valence-electron chi connectivity index (χ4n) is 4.54. The van der Waals surface area contributed by atoms with E-state index in [-0.39, 0.29) is 28.6 Å². The van der Waals surface area contributed by atoms with Crippen molar-refractivity contribution in [1.29, 1.82) is 0 Å². The van der Waals surface area contributed by atoms with Crippen LogP contribution in [-0.2, 0) is 4.79 Å². The van der Waals surface area contributed by atoms with Gasteiger partial charge in [-0.2, -0.15) is 0 Å². The number of hydrogen-bond donors (Lipinski definition) is 1. The molecule has 2 fully saturated rings. The second-order valence-corrected chi connectivity index (χ2v) is 9.11. The van der Waals surface area contributed by atoms with Gasteiger partial charge in [-0.15, -0.1) is 0 Å². The Morgan fingerprint density at radius 3 is 2.37 bits per heavy atom. The Morgan fingerprint density at radius 2 is 1.74 bits per heavy atom. The lowest BCUT2D eigenvalue weighted by Gasteiger charge is -2.36. The van der Waals surface area contributed by atoms with E-state index in [2.05, 4.69) is 0 Å². The Labute approximate surface area is 201 Å². The summed E-state index contributed by atoms with van der Waals surface area (Å²) in [5.74, 6) is -0.845. The van der Waals surface area contributed by atoms with Gasteiger partial charge in [0.25, 0.3) is 0 Å². The minimum atomic E-state index is -0.516. The number of ketones is 1. The molecule has 1 N–H and O–H groups in total. The van der Waals surface area contributed by atoms with Crippen LogP contribution in [0.3, 0.4) is 0 Å². The molecule has 1 amide bonds. The minimum Gasteiger partial charge on any atom is -0.508 e. The number of carbonyl (C=O) groups excluding carboxylic acids is 2. The number of nitrogens with zero attached hydrogens (tertiary/aromatic N) is 3. The molecular formula is C27H26FN3O4. The number of benzene rings is 2. The molecule has 2 aromatic carbocycles. The maximum atomic E-state index is 15.2. The van der Waals surface area contributed by atoms with Crippen LogP contribution in [-0.4, -0.2) is 52.4 Å². The van der Waals surface area contributed by atoms with Gasteiger partial charge in [-0.3, -0.25) is 14.4 Å². The average molecular weight is 476 g/mol. The second kappa shape index (κ2) is 9.02. The summed E-state index contributed by atoms with van der Waals surface area (Å²) < 4.78 is 17.2. The SMILES string of the molecule is CC(=O)N1CCN(c2cc3c(cc2F)c(=O)c(C(=O)/C=C/c2ccc(O)cc2)cn3C2CC2)CC1. The number of carbonyl (C=O) groups is 2. The number of amides is 1. The first-order valence-corrected chi connectivity index (χ1v) is 11.7. The zero-order valence-electron chi connectivity index (χ0n) is 19.4. The van der Waals surface area contributed by atoms with Gasteiger partial charge >= 0.3 is 0 Å². The van der Waals surface area contributed by atoms with Gasteiger partial charge in [-0.1, -0.05) is 18.2 Å². The Hall–Kier alpha value is -3.94. The number of piperazine rings is 1. The standard InChI is InChI=1S/C27H26FN3O4/c1-17(32)29-10-12-30(13-11-29)25-15-24-21(14-23(25)28)27(35)22(16-31(24)19-5-6-19)26(34)9-4-18-2-7-20(33)8-3-18/h2-4,7-9,14-16,19,33H,5-6,10-13H2,1H3/b9-4+. The van der Waals surface area contributed by atoms with E-state index >= 15 is 4.39 Å². The van der Waals surface area contributed by atoms with Gasteiger partial charge in [0.1, 0.15) is 11.6 Å². The van der Waals surface area contributed by atoms with E-state index in [0.29, 0.717) is 42.9 Å². The number of rotatable bonds is 5. The number of allylic oxidation sites excluding steroid dienone is 1. The molecule has 5 rings (SSSR count). The van der Waals surface area contributed by atoms with Crippen LogP contribution in [0.25, 0.3) is 17.0 Å². The molecule has 1 aliphatic carbocycles. The van der Waals surface area contributed by atoms with Crippen molar-refractivity contribution in [2.75, 3.05) is 31.1 Å². The first kappa shape index (κ1) is 22.8. The third-order valence-corrected chi connectivity index (χ3v) is 6.69. The topological polar surface area (TPSA) is 82.8 Å². The van der Waals surface area contributed by atoms with Crippen molar-refractivity contribution in [2.45, 2.75) is 25.8 Å². The summed E-state index contributed by atoms with van der Waals surface area (Å²) in [4.78, 5) is 41.5. The summed E-state index contributed by atoms with van der Waals surface area (Å²) in [6.07, 6.45) is 6.36. The lowest BCUT2D eigenvalue weighted by Crippen LogP contribution is -2.48. The van der Waals surface area contributed by atoms with Gasteiger partial charge in [-0.05, 0) is 48.7 Å². The highest BCUT2D eigenvalue weighted by Crippen LogP contribution is 2.38. The summed E-state index contributed by atoms with van der Waals surface area (Å²) in [6, 6.07) is 9.46. The molecule has 0 radical (unpaired) electrons. The van der Waals surface area contributed by atoms with Gasteiger partial charge in [0, 0.05) is 50.7 Å². The average Bonchev–Trinajstić information content (AvgIpc) is 3.69. The lowest BCUT2D eigenvalue weighted by molar-refractivity contribution is -0.129. The summed E-state index contributed by atoms with van der Waals surface area (Å²) in [5.41, 5.74) is 1.23. The van der Waals surface area contributed by atoms with Gasteiger partial charge in [-0.25, -0.2) is 4.39 Å². The van der Waals surface area contributed by atoms with Crippen LogP contribution >= 0.6 is 0 Å². The number of aromatic hydroxyl groups is 1. The van der Waals surface area contributed by atoms with Crippen LogP contribution in [0.15, 0.2) is 53.5 Å². The molecule has 0 unspecified atom stereocenters. The van der Waals surface area contributed by atoms with E-state index in [1.165, 1.54) is 31.2 Å². The summed E-state index contributed by atoms with van der Waals surface area (Å²) in [7, 11) is 0. The summed E-state index contributed by atoms with van der Waals surface area (Å²) in [5, 5.41) is 9.60. The maximum Gasteiger partial charge on any atom is 0.219 e. The van der Waals surface area contributed by atoms with E-state index in [9.17, 15) is 19.5 Å². The van der Waals surface area contributed by atoms with Crippen molar-refractivity contribution < 1.29 is 19.1 Å². The molecule has 7 nitrogen and oxygen atoms in total. The van der Waals surface area contributed by atoms with Crippen LogP contribution in [0.1, 0.15) is 41.7 Å². The van der Waals surface area contributed by atoms with Gasteiger partial charge < -0.3 is 19.5 Å². The molecule has 35 heavy (non-hydrogen) atoms. The predicted octanol–water partition coefficient (Wildman–Crippen LogP) is 3.75. The van der Waals surface area contributed by atoms with Crippen LogP contribution in [0.2, 0.25) is 0 Å². The molecule has 3 aromatic rings. The number of anilines is 1. The monoisotopic (exact) mass is 475 g/mol. The van der Waals surface area contributed by atoms with Crippen LogP contribution in [0.5, 0.6) is 5.75 Å². The van der Waals surface area contributed by atoms with E-state index in [1.807, 2.05) is 9.47 Å². The van der Waals surface area contributed by atoms with Crippen molar-refractivity contribution in [2.24, 2.45) is 0 Å².